The molecule has 0 bridgehead atoms. The molecule has 0 rings (SSSR count). The molecule has 0 radical (unpaired) electrons. The van der Waals surface area contributed by atoms with Crippen LogP contribution in [0, 0.1) is 0 Å². The van der Waals surface area contributed by atoms with E-state index < -0.39 is 10.4 Å². The molecule has 1 amide bonds. The van der Waals surface area contributed by atoms with Crippen molar-refractivity contribution < 1.29 is 51.5 Å². The number of amides is 1. The van der Waals surface area contributed by atoms with E-state index in [0.29, 0.717) is 19.4 Å². The Kier molecular flexibility index (Phi) is 20.1. The van der Waals surface area contributed by atoms with Crippen molar-refractivity contribution in [2.45, 2.75) is 84.0 Å². The Morgan fingerprint density at radius 2 is 1.42 bits per heavy atom. The van der Waals surface area contributed by atoms with Gasteiger partial charge in [0.15, 0.2) is 0 Å². The Morgan fingerprint density at radius 3 is 1.92 bits per heavy atom. The molecule has 6 nitrogen and oxygen atoms in total. The van der Waals surface area contributed by atoms with Gasteiger partial charge in [0.25, 0.3) is 0 Å². The maximum absolute atomic E-state index is 11.5. The molecule has 0 aromatic heterocycles. The molecule has 0 unspecified atom stereocenters. The third-order valence-electron chi connectivity index (χ3n) is 3.63. The summed E-state index contributed by atoms with van der Waals surface area (Å²) in [6.45, 7) is 2.36. The number of unbranched alkanes of at least 4 members (excludes halogenated alkanes) is 9. The number of hydrogen-bond donors (Lipinski definition) is 1. The first-order valence-electron chi connectivity index (χ1n) is 8.82. The Morgan fingerprint density at radius 1 is 0.917 bits per heavy atom. The van der Waals surface area contributed by atoms with E-state index in [-0.39, 0.29) is 42.1 Å². The zero-order valence-electron chi connectivity index (χ0n) is 15.3. The van der Waals surface area contributed by atoms with Gasteiger partial charge in [0, 0.05) is 13.0 Å². The van der Waals surface area contributed by atoms with Crippen molar-refractivity contribution in [3.05, 3.63) is 0 Å². The molecule has 0 spiro atoms. The van der Waals surface area contributed by atoms with E-state index in [0.717, 1.165) is 12.8 Å². The van der Waals surface area contributed by atoms with E-state index in [1.165, 1.54) is 51.4 Å². The molecular formula is C16H32NNaO5S. The average Bonchev–Trinajstić information content (AvgIpc) is 2.47. The summed E-state index contributed by atoms with van der Waals surface area (Å²) in [5.41, 5.74) is 0. The summed E-state index contributed by atoms with van der Waals surface area (Å²) in [6, 6.07) is 0. The normalized spacial score (nSPS) is 11.1. The molecule has 8 heteroatoms. The molecule has 0 saturated heterocycles. The molecule has 0 heterocycles. The predicted molar refractivity (Wildman–Crippen MR) is 89.7 cm³/mol. The van der Waals surface area contributed by atoms with E-state index >= 15 is 0 Å². The molecule has 0 fully saturated rings. The van der Waals surface area contributed by atoms with Crippen molar-refractivity contribution in [2.75, 3.05) is 13.2 Å². The van der Waals surface area contributed by atoms with Gasteiger partial charge in [-0.2, -0.15) is 0 Å². The molecule has 0 aliphatic carbocycles. The third-order valence-corrected chi connectivity index (χ3v) is 4.08. The van der Waals surface area contributed by atoms with Crippen LogP contribution in [0.1, 0.15) is 84.0 Å². The fourth-order valence-corrected chi connectivity index (χ4v) is 2.64. The van der Waals surface area contributed by atoms with Gasteiger partial charge in [-0.3, -0.25) is 8.98 Å². The summed E-state index contributed by atoms with van der Waals surface area (Å²) in [5.74, 6) is -0.0328. The number of carbonyl (C=O) groups is 1. The molecule has 0 aliphatic heterocycles. The van der Waals surface area contributed by atoms with Gasteiger partial charge in [-0.25, -0.2) is 8.42 Å². The van der Waals surface area contributed by atoms with Gasteiger partial charge >= 0.3 is 29.6 Å². The van der Waals surface area contributed by atoms with Gasteiger partial charge in [0.2, 0.25) is 16.3 Å². The van der Waals surface area contributed by atoms with Crippen LogP contribution < -0.4 is 34.9 Å². The summed E-state index contributed by atoms with van der Waals surface area (Å²) < 4.78 is 34.6. The van der Waals surface area contributed by atoms with Crippen molar-refractivity contribution in [3.63, 3.8) is 0 Å². The molecule has 0 aliphatic rings. The number of nitrogens with one attached hydrogen (secondary N) is 1. The maximum atomic E-state index is 11.5. The Balaban J connectivity index is 0. The van der Waals surface area contributed by atoms with Crippen molar-refractivity contribution in [2.24, 2.45) is 0 Å². The summed E-state index contributed by atoms with van der Waals surface area (Å²) >= 11 is 0. The molecule has 0 saturated carbocycles. The van der Waals surface area contributed by atoms with Gasteiger partial charge in [0.05, 0.1) is 6.61 Å². The quantitative estimate of drug-likeness (QED) is 0.182. The Labute approximate surface area is 169 Å². The van der Waals surface area contributed by atoms with E-state index in [2.05, 4.69) is 16.4 Å². The van der Waals surface area contributed by atoms with Crippen molar-refractivity contribution in [3.8, 4) is 0 Å². The van der Waals surface area contributed by atoms with Crippen LogP contribution in [0.25, 0.3) is 0 Å². The zero-order chi connectivity index (χ0) is 17.4. The Bertz CT molecular complexity index is 390. The van der Waals surface area contributed by atoms with E-state index in [1.807, 2.05) is 0 Å². The van der Waals surface area contributed by atoms with Gasteiger partial charge in [-0.1, -0.05) is 64.7 Å². The second-order valence-corrected chi connectivity index (χ2v) is 6.92. The smallest absolute Gasteiger partial charge is 0.726 e. The van der Waals surface area contributed by atoms with Crippen molar-refractivity contribution >= 4 is 16.3 Å². The molecule has 0 aromatic rings. The SMILES string of the molecule is CCCCCCCCCCCCC(=O)NCCCOS(=O)(=O)[O-].[Na+]. The monoisotopic (exact) mass is 373 g/mol. The molecule has 1 N–H and O–H groups in total. The minimum atomic E-state index is -4.62. The van der Waals surface area contributed by atoms with Gasteiger partial charge in [-0.05, 0) is 12.8 Å². The summed E-state index contributed by atoms with van der Waals surface area (Å²) in [6.07, 6.45) is 13.1. The number of carbonyl (C=O) groups excluding carboxylic acids is 1. The summed E-state index contributed by atoms with van der Waals surface area (Å²) in [4.78, 5) is 11.5. The summed E-state index contributed by atoms with van der Waals surface area (Å²) in [7, 11) is -4.62. The van der Waals surface area contributed by atoms with Crippen LogP contribution in [0.5, 0.6) is 0 Å². The molecule has 24 heavy (non-hydrogen) atoms. The van der Waals surface area contributed by atoms with Crippen LogP contribution in [-0.2, 0) is 19.4 Å². The van der Waals surface area contributed by atoms with E-state index in [4.69, 9.17) is 0 Å². The fourth-order valence-electron chi connectivity index (χ4n) is 2.32. The predicted octanol–water partition coefficient (Wildman–Crippen LogP) is 0.285. The second-order valence-electron chi connectivity index (χ2n) is 5.87. The number of rotatable bonds is 16. The molecular weight excluding hydrogens is 341 g/mol. The maximum Gasteiger partial charge on any atom is 1.00 e. The first-order chi connectivity index (χ1) is 11.0. The zero-order valence-corrected chi connectivity index (χ0v) is 18.2. The van der Waals surface area contributed by atoms with Gasteiger partial charge < -0.3 is 9.87 Å². The van der Waals surface area contributed by atoms with Crippen LogP contribution in [0.15, 0.2) is 0 Å². The first kappa shape index (κ1) is 26.6. The minimum Gasteiger partial charge on any atom is -0.726 e. The van der Waals surface area contributed by atoms with Crippen LogP contribution in [0.3, 0.4) is 0 Å². The second kappa shape index (κ2) is 18.1. The molecule has 0 atom stereocenters. The topological polar surface area (TPSA) is 95.5 Å². The van der Waals surface area contributed by atoms with E-state index in [9.17, 15) is 17.8 Å². The first-order valence-corrected chi connectivity index (χ1v) is 10.2. The van der Waals surface area contributed by atoms with Crippen molar-refractivity contribution in [1.29, 1.82) is 0 Å². The standard InChI is InChI=1S/C16H33NO5S.Na/c1-2-3-4-5-6-7-8-9-10-11-13-16(18)17-14-12-15-22-23(19,20)21;/h2-15H2,1H3,(H,17,18)(H,19,20,21);/q;+1/p-1. The Hall–Kier alpha value is 0.340. The van der Waals surface area contributed by atoms with Crippen molar-refractivity contribution in [1.82, 2.24) is 5.32 Å². The van der Waals surface area contributed by atoms with Crippen LogP contribution in [-0.4, -0.2) is 32.0 Å². The minimum absolute atomic E-state index is 0. The van der Waals surface area contributed by atoms with Gasteiger partial charge in [0.1, 0.15) is 0 Å². The third kappa shape index (κ3) is 22.3. The van der Waals surface area contributed by atoms with Crippen LogP contribution in [0.2, 0.25) is 0 Å². The van der Waals surface area contributed by atoms with Crippen LogP contribution in [0.4, 0.5) is 0 Å². The van der Waals surface area contributed by atoms with E-state index in [1.54, 1.807) is 0 Å². The molecule has 138 valence electrons. The van der Waals surface area contributed by atoms with Crippen LogP contribution >= 0.6 is 0 Å². The summed E-state index contributed by atoms with van der Waals surface area (Å²) in [5, 5.41) is 2.68. The number of hydrogen-bond acceptors (Lipinski definition) is 5. The molecule has 0 aromatic carbocycles. The average molecular weight is 373 g/mol. The van der Waals surface area contributed by atoms with Gasteiger partial charge in [-0.15, -0.1) is 0 Å². The largest absolute Gasteiger partial charge is 1.00 e. The fraction of sp³-hybridized carbons (Fsp3) is 0.938.